The number of sulfonamides is 1. The fraction of sp³-hybridized carbons (Fsp3) is 0.462. The third-order valence-corrected chi connectivity index (χ3v) is 3.99. The molecule has 1 aromatic carbocycles. The lowest BCUT2D eigenvalue weighted by Gasteiger charge is -2.08. The van der Waals surface area contributed by atoms with Crippen LogP contribution in [-0.4, -0.2) is 27.5 Å². The SMILES string of the molecule is CCOC(=O)CNS(=O)(=O)c1ccc(C(C)C)cc1. The molecule has 19 heavy (non-hydrogen) atoms. The van der Waals surface area contributed by atoms with Crippen molar-refractivity contribution in [1.82, 2.24) is 4.72 Å². The van der Waals surface area contributed by atoms with Crippen molar-refractivity contribution in [1.29, 1.82) is 0 Å². The minimum atomic E-state index is -3.67. The molecule has 0 unspecified atom stereocenters. The third-order valence-electron chi connectivity index (χ3n) is 2.57. The molecule has 0 amide bonds. The first kappa shape index (κ1) is 15.7. The first-order valence-corrected chi connectivity index (χ1v) is 7.60. The second kappa shape index (κ2) is 6.68. The van der Waals surface area contributed by atoms with Gasteiger partial charge < -0.3 is 4.74 Å². The quantitative estimate of drug-likeness (QED) is 0.807. The number of rotatable bonds is 6. The van der Waals surface area contributed by atoms with Gasteiger partial charge in [-0.2, -0.15) is 4.72 Å². The number of nitrogens with one attached hydrogen (secondary N) is 1. The zero-order chi connectivity index (χ0) is 14.5. The molecule has 1 N–H and O–H groups in total. The average molecular weight is 285 g/mol. The van der Waals surface area contributed by atoms with Crippen LogP contribution in [0, 0.1) is 0 Å². The summed E-state index contributed by atoms with van der Waals surface area (Å²) >= 11 is 0. The van der Waals surface area contributed by atoms with Crippen molar-refractivity contribution < 1.29 is 17.9 Å². The second-order valence-electron chi connectivity index (χ2n) is 4.35. The van der Waals surface area contributed by atoms with Crippen molar-refractivity contribution >= 4 is 16.0 Å². The van der Waals surface area contributed by atoms with Crippen LogP contribution < -0.4 is 4.72 Å². The van der Waals surface area contributed by atoms with Gasteiger partial charge in [0, 0.05) is 0 Å². The van der Waals surface area contributed by atoms with Gasteiger partial charge in [0.1, 0.15) is 6.54 Å². The van der Waals surface area contributed by atoms with E-state index in [0.717, 1.165) is 5.56 Å². The van der Waals surface area contributed by atoms with Crippen molar-refractivity contribution in [3.05, 3.63) is 29.8 Å². The minimum Gasteiger partial charge on any atom is -0.465 e. The van der Waals surface area contributed by atoms with Crippen LogP contribution >= 0.6 is 0 Å². The van der Waals surface area contributed by atoms with Gasteiger partial charge in [-0.3, -0.25) is 4.79 Å². The smallest absolute Gasteiger partial charge is 0.321 e. The van der Waals surface area contributed by atoms with Gasteiger partial charge in [0.05, 0.1) is 11.5 Å². The minimum absolute atomic E-state index is 0.140. The molecule has 1 aromatic rings. The number of ether oxygens (including phenoxy) is 1. The molecule has 0 radical (unpaired) electrons. The van der Waals surface area contributed by atoms with Crippen LogP contribution in [0.5, 0.6) is 0 Å². The average Bonchev–Trinajstić information content (AvgIpc) is 2.37. The Balaban J connectivity index is 2.74. The number of esters is 1. The number of carbonyl (C=O) groups is 1. The fourth-order valence-corrected chi connectivity index (χ4v) is 2.45. The van der Waals surface area contributed by atoms with Crippen LogP contribution in [0.3, 0.4) is 0 Å². The summed E-state index contributed by atoms with van der Waals surface area (Å²) in [6.45, 7) is 5.59. The van der Waals surface area contributed by atoms with Crippen molar-refractivity contribution in [2.24, 2.45) is 0 Å². The standard InChI is InChI=1S/C13H19NO4S/c1-4-18-13(15)9-14-19(16,17)12-7-5-11(6-8-12)10(2)3/h5-8,10,14H,4,9H2,1-3H3. The second-order valence-corrected chi connectivity index (χ2v) is 6.12. The van der Waals surface area contributed by atoms with Crippen LogP contribution in [0.2, 0.25) is 0 Å². The lowest BCUT2D eigenvalue weighted by molar-refractivity contribution is -0.141. The van der Waals surface area contributed by atoms with E-state index in [1.165, 1.54) is 12.1 Å². The lowest BCUT2D eigenvalue weighted by atomic mass is 10.0. The Hall–Kier alpha value is -1.40. The normalized spacial score (nSPS) is 11.6. The maximum atomic E-state index is 11.9. The molecule has 0 atom stereocenters. The maximum Gasteiger partial charge on any atom is 0.321 e. The Morgan fingerprint density at radius 3 is 2.32 bits per heavy atom. The summed E-state index contributed by atoms with van der Waals surface area (Å²) < 4.78 is 30.7. The monoisotopic (exact) mass is 285 g/mol. The van der Waals surface area contributed by atoms with E-state index in [1.54, 1.807) is 19.1 Å². The molecule has 0 aliphatic rings. The van der Waals surface area contributed by atoms with Gasteiger partial charge in [0.2, 0.25) is 10.0 Å². The zero-order valence-electron chi connectivity index (χ0n) is 11.3. The molecule has 0 saturated heterocycles. The Morgan fingerprint density at radius 2 is 1.84 bits per heavy atom. The van der Waals surface area contributed by atoms with E-state index < -0.39 is 16.0 Å². The molecule has 0 aliphatic carbocycles. The molecule has 0 heterocycles. The molecular formula is C13H19NO4S. The van der Waals surface area contributed by atoms with Crippen LogP contribution in [0.15, 0.2) is 29.2 Å². The van der Waals surface area contributed by atoms with E-state index in [0.29, 0.717) is 5.92 Å². The van der Waals surface area contributed by atoms with Gasteiger partial charge in [0.25, 0.3) is 0 Å². The van der Waals surface area contributed by atoms with Crippen molar-refractivity contribution in [2.75, 3.05) is 13.2 Å². The van der Waals surface area contributed by atoms with E-state index >= 15 is 0 Å². The molecule has 0 bridgehead atoms. The molecule has 106 valence electrons. The van der Waals surface area contributed by atoms with Crippen molar-refractivity contribution in [2.45, 2.75) is 31.6 Å². The van der Waals surface area contributed by atoms with E-state index in [1.807, 2.05) is 13.8 Å². The van der Waals surface area contributed by atoms with Gasteiger partial charge >= 0.3 is 5.97 Å². The van der Waals surface area contributed by atoms with Gasteiger partial charge in [-0.05, 0) is 30.5 Å². The summed E-state index contributed by atoms with van der Waals surface area (Å²) in [5, 5.41) is 0. The molecule has 0 aliphatic heterocycles. The molecule has 0 fully saturated rings. The molecule has 0 spiro atoms. The Bertz CT molecular complexity index is 520. The number of hydrogen-bond acceptors (Lipinski definition) is 4. The van der Waals surface area contributed by atoms with Crippen LogP contribution in [-0.2, 0) is 19.6 Å². The fourth-order valence-electron chi connectivity index (χ4n) is 1.48. The van der Waals surface area contributed by atoms with Gasteiger partial charge in [-0.15, -0.1) is 0 Å². The summed E-state index contributed by atoms with van der Waals surface area (Å²) in [4.78, 5) is 11.3. The van der Waals surface area contributed by atoms with Crippen LogP contribution in [0.4, 0.5) is 0 Å². The van der Waals surface area contributed by atoms with Crippen LogP contribution in [0.1, 0.15) is 32.3 Å². The molecule has 5 nitrogen and oxygen atoms in total. The van der Waals surface area contributed by atoms with Crippen molar-refractivity contribution in [3.8, 4) is 0 Å². The molecule has 0 saturated carbocycles. The highest BCUT2D eigenvalue weighted by Gasteiger charge is 2.15. The Morgan fingerprint density at radius 1 is 1.26 bits per heavy atom. The topological polar surface area (TPSA) is 72.5 Å². The lowest BCUT2D eigenvalue weighted by Crippen LogP contribution is -2.30. The van der Waals surface area contributed by atoms with Gasteiger partial charge in [-0.1, -0.05) is 26.0 Å². The van der Waals surface area contributed by atoms with E-state index in [9.17, 15) is 13.2 Å². The summed E-state index contributed by atoms with van der Waals surface area (Å²) in [6, 6.07) is 6.60. The van der Waals surface area contributed by atoms with E-state index in [-0.39, 0.29) is 18.0 Å². The van der Waals surface area contributed by atoms with Crippen LogP contribution in [0.25, 0.3) is 0 Å². The summed E-state index contributed by atoms with van der Waals surface area (Å²) in [5.41, 5.74) is 1.06. The predicted molar refractivity (Wildman–Crippen MR) is 72.4 cm³/mol. The predicted octanol–water partition coefficient (Wildman–Crippen LogP) is 1.65. The summed E-state index contributed by atoms with van der Waals surface area (Å²) in [7, 11) is -3.67. The first-order valence-electron chi connectivity index (χ1n) is 6.12. The highest BCUT2D eigenvalue weighted by atomic mass is 32.2. The largest absolute Gasteiger partial charge is 0.465 e. The molecule has 1 rings (SSSR count). The Labute approximate surface area is 114 Å². The van der Waals surface area contributed by atoms with Crippen molar-refractivity contribution in [3.63, 3.8) is 0 Å². The molecule has 0 aromatic heterocycles. The summed E-state index contributed by atoms with van der Waals surface area (Å²) in [6.07, 6.45) is 0. The van der Waals surface area contributed by atoms with E-state index in [4.69, 9.17) is 0 Å². The Kier molecular flexibility index (Phi) is 5.50. The highest BCUT2D eigenvalue weighted by molar-refractivity contribution is 7.89. The van der Waals surface area contributed by atoms with E-state index in [2.05, 4.69) is 9.46 Å². The molecule has 6 heteroatoms. The number of hydrogen-bond donors (Lipinski definition) is 1. The molecular weight excluding hydrogens is 266 g/mol. The van der Waals surface area contributed by atoms with Gasteiger partial charge in [-0.25, -0.2) is 8.42 Å². The number of carbonyl (C=O) groups excluding carboxylic acids is 1. The first-order chi connectivity index (χ1) is 8.86. The third kappa shape index (κ3) is 4.65. The van der Waals surface area contributed by atoms with Gasteiger partial charge in [0.15, 0.2) is 0 Å². The summed E-state index contributed by atoms with van der Waals surface area (Å²) in [5.74, 6) is -0.255. The maximum absolute atomic E-state index is 11.9. The number of benzene rings is 1. The zero-order valence-corrected chi connectivity index (χ0v) is 12.2. The highest BCUT2D eigenvalue weighted by Crippen LogP contribution is 2.17.